The number of halogens is 1. The third-order valence-electron chi connectivity index (χ3n) is 2.73. The first-order valence-electron chi connectivity index (χ1n) is 6.47. The number of benzene rings is 1. The van der Waals surface area contributed by atoms with E-state index in [1.807, 2.05) is 36.4 Å². The molecule has 4 nitrogen and oxygen atoms in total. The van der Waals surface area contributed by atoms with Gasteiger partial charge in [0.15, 0.2) is 0 Å². The van der Waals surface area contributed by atoms with Crippen LogP contribution in [0, 0.1) is 0 Å². The van der Waals surface area contributed by atoms with Gasteiger partial charge >= 0.3 is 0 Å². The molecule has 0 amide bonds. The van der Waals surface area contributed by atoms with E-state index in [-0.39, 0.29) is 6.61 Å². The number of furan rings is 1. The third kappa shape index (κ3) is 5.46. The molecule has 1 unspecified atom stereocenters. The first-order valence-corrected chi connectivity index (χ1v) is 7.26. The summed E-state index contributed by atoms with van der Waals surface area (Å²) in [6.45, 7) is 1.88. The number of rotatable bonds is 8. The molecule has 1 aromatic heterocycles. The quantitative estimate of drug-likeness (QED) is 0.776. The SMILES string of the molecule is OC(CNCc1cccc(Br)c1)COCc1ccco1. The van der Waals surface area contributed by atoms with Gasteiger partial charge in [-0.05, 0) is 29.8 Å². The highest BCUT2D eigenvalue weighted by molar-refractivity contribution is 9.10. The van der Waals surface area contributed by atoms with Crippen LogP contribution in [0.25, 0.3) is 0 Å². The highest BCUT2D eigenvalue weighted by Gasteiger charge is 2.05. The molecule has 1 aromatic carbocycles. The van der Waals surface area contributed by atoms with Gasteiger partial charge in [-0.2, -0.15) is 0 Å². The fourth-order valence-corrected chi connectivity index (χ4v) is 2.23. The molecular weight excluding hydrogens is 322 g/mol. The van der Waals surface area contributed by atoms with E-state index in [0.29, 0.717) is 19.7 Å². The molecule has 0 aliphatic rings. The molecule has 2 aromatic rings. The minimum absolute atomic E-state index is 0.284. The second kappa shape index (κ2) is 8.21. The molecule has 0 aliphatic carbocycles. The van der Waals surface area contributed by atoms with Crippen molar-refractivity contribution in [1.29, 1.82) is 0 Å². The zero-order valence-corrected chi connectivity index (χ0v) is 12.7. The Hall–Kier alpha value is -1.14. The van der Waals surface area contributed by atoms with E-state index in [2.05, 4.69) is 21.2 Å². The van der Waals surface area contributed by atoms with E-state index in [0.717, 1.165) is 10.2 Å². The molecule has 0 fully saturated rings. The van der Waals surface area contributed by atoms with E-state index in [9.17, 15) is 5.11 Å². The summed E-state index contributed by atoms with van der Waals surface area (Å²) < 4.78 is 11.6. The van der Waals surface area contributed by atoms with Gasteiger partial charge in [0.1, 0.15) is 12.4 Å². The van der Waals surface area contributed by atoms with Crippen LogP contribution in [0.3, 0.4) is 0 Å². The van der Waals surface area contributed by atoms with Gasteiger partial charge in [0.05, 0.1) is 19.0 Å². The number of aliphatic hydroxyl groups excluding tert-OH is 1. The topological polar surface area (TPSA) is 54.6 Å². The van der Waals surface area contributed by atoms with Crippen molar-refractivity contribution in [3.63, 3.8) is 0 Å². The molecule has 5 heteroatoms. The van der Waals surface area contributed by atoms with E-state index < -0.39 is 6.10 Å². The average molecular weight is 340 g/mol. The van der Waals surface area contributed by atoms with Crippen molar-refractivity contribution in [3.05, 3.63) is 58.5 Å². The summed E-state index contributed by atoms with van der Waals surface area (Å²) in [6.07, 6.45) is 1.08. The van der Waals surface area contributed by atoms with Crippen molar-refractivity contribution in [1.82, 2.24) is 5.32 Å². The van der Waals surface area contributed by atoms with Crippen molar-refractivity contribution < 1.29 is 14.3 Å². The molecule has 1 heterocycles. The van der Waals surface area contributed by atoms with E-state index in [4.69, 9.17) is 9.15 Å². The third-order valence-corrected chi connectivity index (χ3v) is 3.23. The van der Waals surface area contributed by atoms with Crippen LogP contribution < -0.4 is 5.32 Å². The van der Waals surface area contributed by atoms with Crippen molar-refractivity contribution in [3.8, 4) is 0 Å². The predicted octanol–water partition coefficient (Wildman–Crippen LogP) is 2.71. The summed E-state index contributed by atoms with van der Waals surface area (Å²) in [5, 5.41) is 13.0. The van der Waals surface area contributed by atoms with Crippen LogP contribution in [-0.2, 0) is 17.9 Å². The minimum atomic E-state index is -0.530. The van der Waals surface area contributed by atoms with Crippen LogP contribution in [0.15, 0.2) is 51.6 Å². The maximum absolute atomic E-state index is 9.78. The monoisotopic (exact) mass is 339 g/mol. The smallest absolute Gasteiger partial charge is 0.129 e. The van der Waals surface area contributed by atoms with Crippen LogP contribution in [0.2, 0.25) is 0 Å². The molecule has 20 heavy (non-hydrogen) atoms. The maximum atomic E-state index is 9.78. The van der Waals surface area contributed by atoms with E-state index >= 15 is 0 Å². The molecule has 0 bridgehead atoms. The van der Waals surface area contributed by atoms with Crippen molar-refractivity contribution in [2.24, 2.45) is 0 Å². The second-order valence-corrected chi connectivity index (χ2v) is 5.42. The lowest BCUT2D eigenvalue weighted by atomic mass is 10.2. The molecule has 2 rings (SSSR count). The molecular formula is C15H18BrNO3. The van der Waals surface area contributed by atoms with Crippen LogP contribution in [-0.4, -0.2) is 24.4 Å². The van der Waals surface area contributed by atoms with Gasteiger partial charge in [0.25, 0.3) is 0 Å². The molecule has 0 aliphatic heterocycles. The van der Waals surface area contributed by atoms with Crippen molar-refractivity contribution >= 4 is 15.9 Å². The molecule has 108 valence electrons. The van der Waals surface area contributed by atoms with Crippen molar-refractivity contribution in [2.45, 2.75) is 19.3 Å². The second-order valence-electron chi connectivity index (χ2n) is 4.51. The van der Waals surface area contributed by atoms with Gasteiger partial charge < -0.3 is 19.6 Å². The Bertz CT molecular complexity index is 502. The Labute approximate surface area is 126 Å². The lowest BCUT2D eigenvalue weighted by Gasteiger charge is -2.12. The van der Waals surface area contributed by atoms with Gasteiger partial charge in [-0.1, -0.05) is 28.1 Å². The molecule has 2 N–H and O–H groups in total. The highest BCUT2D eigenvalue weighted by Crippen LogP contribution is 2.11. The first kappa shape index (κ1) is 15.3. The standard InChI is InChI=1S/C15H18BrNO3/c16-13-4-1-3-12(7-13)8-17-9-14(18)10-19-11-15-5-2-6-20-15/h1-7,14,17-18H,8-11H2. The van der Waals surface area contributed by atoms with Crippen LogP contribution in [0.4, 0.5) is 0 Å². The molecule has 1 atom stereocenters. The lowest BCUT2D eigenvalue weighted by molar-refractivity contribution is 0.0226. The Morgan fingerprint density at radius 3 is 2.95 bits per heavy atom. The fraction of sp³-hybridized carbons (Fsp3) is 0.333. The largest absolute Gasteiger partial charge is 0.467 e. The zero-order valence-electron chi connectivity index (χ0n) is 11.1. The molecule has 0 saturated heterocycles. The number of hydrogen-bond donors (Lipinski definition) is 2. The van der Waals surface area contributed by atoms with E-state index in [1.54, 1.807) is 6.26 Å². The van der Waals surface area contributed by atoms with Gasteiger partial charge in [-0.15, -0.1) is 0 Å². The Kier molecular flexibility index (Phi) is 6.26. The van der Waals surface area contributed by atoms with Gasteiger partial charge in [-0.3, -0.25) is 0 Å². The summed E-state index contributed by atoms with van der Waals surface area (Å²) in [5.41, 5.74) is 1.17. The summed E-state index contributed by atoms with van der Waals surface area (Å²) in [5.74, 6) is 0.763. The number of aliphatic hydroxyl groups is 1. The number of nitrogens with one attached hydrogen (secondary N) is 1. The molecule has 0 spiro atoms. The van der Waals surface area contributed by atoms with Gasteiger partial charge in [-0.25, -0.2) is 0 Å². The highest BCUT2D eigenvalue weighted by atomic mass is 79.9. The normalized spacial score (nSPS) is 12.5. The molecule has 0 saturated carbocycles. The van der Waals surface area contributed by atoms with Crippen molar-refractivity contribution in [2.75, 3.05) is 13.2 Å². The Morgan fingerprint density at radius 1 is 1.30 bits per heavy atom. The first-order chi connectivity index (χ1) is 9.74. The lowest BCUT2D eigenvalue weighted by Crippen LogP contribution is -2.30. The average Bonchev–Trinajstić information content (AvgIpc) is 2.92. The van der Waals surface area contributed by atoms with E-state index in [1.165, 1.54) is 5.56 Å². The predicted molar refractivity (Wildman–Crippen MR) is 80.2 cm³/mol. The summed E-state index contributed by atoms with van der Waals surface area (Å²) >= 11 is 3.43. The number of ether oxygens (including phenoxy) is 1. The Balaban J connectivity index is 1.59. The Morgan fingerprint density at radius 2 is 2.20 bits per heavy atom. The zero-order chi connectivity index (χ0) is 14.2. The van der Waals surface area contributed by atoms with Gasteiger partial charge in [0, 0.05) is 17.6 Å². The fourth-order valence-electron chi connectivity index (χ4n) is 1.78. The number of hydrogen-bond acceptors (Lipinski definition) is 4. The van der Waals surface area contributed by atoms with Crippen LogP contribution in [0.1, 0.15) is 11.3 Å². The summed E-state index contributed by atoms with van der Waals surface area (Å²) in [4.78, 5) is 0. The molecule has 0 radical (unpaired) electrons. The minimum Gasteiger partial charge on any atom is -0.467 e. The maximum Gasteiger partial charge on any atom is 0.129 e. The van der Waals surface area contributed by atoms with Crippen LogP contribution in [0.5, 0.6) is 0 Å². The van der Waals surface area contributed by atoms with Crippen LogP contribution >= 0.6 is 15.9 Å². The summed E-state index contributed by atoms with van der Waals surface area (Å²) in [6, 6.07) is 11.7. The summed E-state index contributed by atoms with van der Waals surface area (Å²) in [7, 11) is 0. The van der Waals surface area contributed by atoms with Gasteiger partial charge in [0.2, 0.25) is 0 Å².